The Morgan fingerprint density at radius 3 is 2.79 bits per heavy atom. The predicted octanol–water partition coefficient (Wildman–Crippen LogP) is 1.96. The molecule has 0 bridgehead atoms. The second-order valence-corrected chi connectivity index (χ2v) is 3.95. The van der Waals surface area contributed by atoms with Crippen LogP contribution in [0.5, 0.6) is 0 Å². The molecule has 1 aliphatic rings. The maximum Gasteiger partial charge on any atom is 0.0412 e. The third kappa shape index (κ3) is 1.75. The molecule has 0 aliphatic carbocycles. The highest BCUT2D eigenvalue weighted by Crippen LogP contribution is 2.23. The van der Waals surface area contributed by atoms with Crippen molar-refractivity contribution in [1.29, 1.82) is 0 Å². The van der Waals surface area contributed by atoms with E-state index in [1.807, 2.05) is 0 Å². The van der Waals surface area contributed by atoms with Crippen LogP contribution in [0.25, 0.3) is 0 Å². The van der Waals surface area contributed by atoms with E-state index in [1.165, 1.54) is 11.3 Å². The van der Waals surface area contributed by atoms with Gasteiger partial charge in [-0.3, -0.25) is 0 Å². The standard InChI is InChI=1S/C12H18N2/c1-3-14-9-8-13(2)10-11-6-4-5-7-12(11)14/h4-7H,3,8-10H2,1-2H3. The second kappa shape index (κ2) is 4.01. The SMILES string of the molecule is CCN1CCN(C)Cc2ccccc21. The smallest absolute Gasteiger partial charge is 0.0412 e. The topological polar surface area (TPSA) is 6.48 Å². The molecule has 0 amide bonds. The molecule has 0 unspecified atom stereocenters. The number of rotatable bonds is 1. The highest BCUT2D eigenvalue weighted by atomic mass is 15.2. The zero-order valence-electron chi connectivity index (χ0n) is 9.03. The number of anilines is 1. The van der Waals surface area contributed by atoms with Crippen LogP contribution >= 0.6 is 0 Å². The average molecular weight is 190 g/mol. The van der Waals surface area contributed by atoms with Gasteiger partial charge in [-0.15, -0.1) is 0 Å². The maximum absolute atomic E-state index is 2.46. The Balaban J connectivity index is 2.36. The maximum atomic E-state index is 2.46. The largest absolute Gasteiger partial charge is 0.370 e. The van der Waals surface area contributed by atoms with Gasteiger partial charge in [-0.05, 0) is 25.6 Å². The first-order chi connectivity index (χ1) is 6.81. The van der Waals surface area contributed by atoms with Gasteiger partial charge in [0.1, 0.15) is 0 Å². The van der Waals surface area contributed by atoms with E-state index in [0.717, 1.165) is 26.2 Å². The molecule has 2 nitrogen and oxygen atoms in total. The molecule has 0 fully saturated rings. The summed E-state index contributed by atoms with van der Waals surface area (Å²) >= 11 is 0. The van der Waals surface area contributed by atoms with E-state index < -0.39 is 0 Å². The molecule has 76 valence electrons. The first-order valence-corrected chi connectivity index (χ1v) is 5.32. The molecule has 1 aliphatic heterocycles. The minimum atomic E-state index is 1.08. The molecular weight excluding hydrogens is 172 g/mol. The molecule has 0 saturated carbocycles. The van der Waals surface area contributed by atoms with E-state index in [-0.39, 0.29) is 0 Å². The van der Waals surface area contributed by atoms with E-state index in [9.17, 15) is 0 Å². The van der Waals surface area contributed by atoms with Gasteiger partial charge in [0.15, 0.2) is 0 Å². The zero-order valence-corrected chi connectivity index (χ0v) is 9.03. The van der Waals surface area contributed by atoms with Crippen molar-refractivity contribution >= 4 is 5.69 Å². The lowest BCUT2D eigenvalue weighted by Gasteiger charge is -2.22. The van der Waals surface area contributed by atoms with Gasteiger partial charge in [0.2, 0.25) is 0 Å². The van der Waals surface area contributed by atoms with Crippen molar-refractivity contribution in [3.8, 4) is 0 Å². The van der Waals surface area contributed by atoms with Gasteiger partial charge >= 0.3 is 0 Å². The number of hydrogen-bond donors (Lipinski definition) is 0. The number of para-hydroxylation sites is 1. The van der Waals surface area contributed by atoms with Crippen LogP contribution in [0.15, 0.2) is 24.3 Å². The van der Waals surface area contributed by atoms with Gasteiger partial charge < -0.3 is 9.80 Å². The monoisotopic (exact) mass is 190 g/mol. The third-order valence-electron chi connectivity index (χ3n) is 2.91. The summed E-state index contributed by atoms with van der Waals surface area (Å²) < 4.78 is 0. The Morgan fingerprint density at radius 2 is 2.00 bits per heavy atom. The van der Waals surface area contributed by atoms with Crippen LogP contribution in [0.2, 0.25) is 0 Å². The number of hydrogen-bond acceptors (Lipinski definition) is 2. The normalized spacial score (nSPS) is 17.7. The third-order valence-corrected chi connectivity index (χ3v) is 2.91. The van der Waals surface area contributed by atoms with Crippen molar-refractivity contribution in [2.24, 2.45) is 0 Å². The fraction of sp³-hybridized carbons (Fsp3) is 0.500. The minimum Gasteiger partial charge on any atom is -0.370 e. The second-order valence-electron chi connectivity index (χ2n) is 3.95. The molecule has 1 aromatic rings. The van der Waals surface area contributed by atoms with Gasteiger partial charge in [0, 0.05) is 31.9 Å². The molecule has 0 spiro atoms. The van der Waals surface area contributed by atoms with Crippen LogP contribution in [0.1, 0.15) is 12.5 Å². The number of fused-ring (bicyclic) bond motifs is 1. The van der Waals surface area contributed by atoms with Crippen molar-refractivity contribution in [2.45, 2.75) is 13.5 Å². The Kier molecular flexibility index (Phi) is 2.73. The number of benzene rings is 1. The molecule has 2 heteroatoms. The Morgan fingerprint density at radius 1 is 1.21 bits per heavy atom. The molecule has 1 aromatic carbocycles. The van der Waals surface area contributed by atoms with Crippen molar-refractivity contribution in [1.82, 2.24) is 4.90 Å². The molecule has 2 rings (SSSR count). The minimum absolute atomic E-state index is 1.08. The lowest BCUT2D eigenvalue weighted by Crippen LogP contribution is -2.29. The average Bonchev–Trinajstić information content (AvgIpc) is 2.36. The van der Waals surface area contributed by atoms with Gasteiger partial charge in [-0.1, -0.05) is 18.2 Å². The highest BCUT2D eigenvalue weighted by Gasteiger charge is 2.15. The highest BCUT2D eigenvalue weighted by molar-refractivity contribution is 5.54. The van der Waals surface area contributed by atoms with E-state index in [1.54, 1.807) is 0 Å². The van der Waals surface area contributed by atoms with Gasteiger partial charge in [0.05, 0.1) is 0 Å². The van der Waals surface area contributed by atoms with E-state index >= 15 is 0 Å². The Bertz CT molecular complexity index is 309. The Labute approximate surface area is 86.1 Å². The lowest BCUT2D eigenvalue weighted by atomic mass is 10.1. The van der Waals surface area contributed by atoms with Crippen molar-refractivity contribution < 1.29 is 0 Å². The predicted molar refractivity (Wildman–Crippen MR) is 60.7 cm³/mol. The van der Waals surface area contributed by atoms with Gasteiger partial charge in [-0.25, -0.2) is 0 Å². The molecule has 0 saturated heterocycles. The lowest BCUT2D eigenvalue weighted by molar-refractivity contribution is 0.342. The van der Waals surface area contributed by atoms with E-state index in [4.69, 9.17) is 0 Å². The quantitative estimate of drug-likeness (QED) is 0.668. The summed E-state index contributed by atoms with van der Waals surface area (Å²) in [5.41, 5.74) is 2.87. The summed E-state index contributed by atoms with van der Waals surface area (Å²) in [5, 5.41) is 0. The molecule has 0 aromatic heterocycles. The van der Waals surface area contributed by atoms with Gasteiger partial charge in [0.25, 0.3) is 0 Å². The summed E-state index contributed by atoms with van der Waals surface area (Å²) in [6.07, 6.45) is 0. The molecule has 0 N–H and O–H groups in total. The molecule has 0 radical (unpaired) electrons. The summed E-state index contributed by atoms with van der Waals surface area (Å²) in [6, 6.07) is 8.73. The first-order valence-electron chi connectivity index (χ1n) is 5.32. The van der Waals surface area contributed by atoms with Crippen molar-refractivity contribution in [2.75, 3.05) is 31.6 Å². The van der Waals surface area contributed by atoms with E-state index in [0.29, 0.717) is 0 Å². The van der Waals surface area contributed by atoms with Crippen molar-refractivity contribution in [3.63, 3.8) is 0 Å². The summed E-state index contributed by atoms with van der Waals surface area (Å²) in [4.78, 5) is 4.84. The first kappa shape index (κ1) is 9.53. The van der Waals surface area contributed by atoms with Crippen LogP contribution < -0.4 is 4.90 Å². The Hall–Kier alpha value is -1.02. The summed E-state index contributed by atoms with van der Waals surface area (Å²) in [5.74, 6) is 0. The molecule has 14 heavy (non-hydrogen) atoms. The van der Waals surface area contributed by atoms with Crippen LogP contribution in [-0.4, -0.2) is 31.6 Å². The number of likely N-dealkylation sites (N-methyl/N-ethyl adjacent to an activating group) is 2. The number of nitrogens with zero attached hydrogens (tertiary/aromatic N) is 2. The fourth-order valence-corrected chi connectivity index (χ4v) is 2.06. The molecule has 1 heterocycles. The molecule has 0 atom stereocenters. The zero-order chi connectivity index (χ0) is 9.97. The van der Waals surface area contributed by atoms with Crippen LogP contribution in [0.4, 0.5) is 5.69 Å². The fourth-order valence-electron chi connectivity index (χ4n) is 2.06. The summed E-state index contributed by atoms with van der Waals surface area (Å²) in [6.45, 7) is 6.70. The summed E-state index contributed by atoms with van der Waals surface area (Å²) in [7, 11) is 2.19. The van der Waals surface area contributed by atoms with Crippen LogP contribution in [0, 0.1) is 0 Å². The van der Waals surface area contributed by atoms with E-state index in [2.05, 4.69) is 48.0 Å². The van der Waals surface area contributed by atoms with Gasteiger partial charge in [-0.2, -0.15) is 0 Å². The van der Waals surface area contributed by atoms with Crippen LogP contribution in [0.3, 0.4) is 0 Å². The van der Waals surface area contributed by atoms with Crippen LogP contribution in [-0.2, 0) is 6.54 Å². The molecular formula is C12H18N2. The van der Waals surface area contributed by atoms with Crippen molar-refractivity contribution in [3.05, 3.63) is 29.8 Å².